The van der Waals surface area contributed by atoms with E-state index in [9.17, 15) is 15.0 Å². The minimum atomic E-state index is -1.36. The quantitative estimate of drug-likeness (QED) is 0.453. The second-order valence-corrected chi connectivity index (χ2v) is 4.33. The Balaban J connectivity index is 2.45. The lowest BCUT2D eigenvalue weighted by Gasteiger charge is -2.17. The van der Waals surface area contributed by atoms with Crippen LogP contribution in [0.25, 0.3) is 0 Å². The van der Waals surface area contributed by atoms with Crippen LogP contribution >= 0.6 is 0 Å². The molecule has 1 aliphatic rings. The first-order valence-electron chi connectivity index (χ1n) is 5.93. The highest BCUT2D eigenvalue weighted by Crippen LogP contribution is 2.28. The van der Waals surface area contributed by atoms with E-state index in [2.05, 4.69) is 16.8 Å². The Morgan fingerprint density at radius 2 is 2.20 bits per heavy atom. The van der Waals surface area contributed by atoms with Crippen LogP contribution in [0.15, 0.2) is 11.0 Å². The van der Waals surface area contributed by atoms with Crippen molar-refractivity contribution in [2.45, 2.75) is 31.5 Å². The summed E-state index contributed by atoms with van der Waals surface area (Å²) < 4.78 is 6.26. The summed E-state index contributed by atoms with van der Waals surface area (Å²) in [5.74, 6) is 5.27. The first kappa shape index (κ1) is 14.5. The van der Waals surface area contributed by atoms with Gasteiger partial charge in [-0.05, 0) is 6.92 Å². The van der Waals surface area contributed by atoms with E-state index in [0.29, 0.717) is 5.56 Å². The summed E-state index contributed by atoms with van der Waals surface area (Å²) in [7, 11) is 0. The zero-order valence-electron chi connectivity index (χ0n) is 10.7. The molecule has 108 valence electrons. The normalized spacial score (nSPS) is 29.0. The van der Waals surface area contributed by atoms with Crippen LogP contribution in [0.5, 0.6) is 0 Å². The number of hydrogen-bond acceptors (Lipinski definition) is 7. The molecule has 1 aromatic rings. The Morgan fingerprint density at radius 1 is 1.50 bits per heavy atom. The average molecular weight is 281 g/mol. The molecule has 0 saturated carbocycles. The predicted octanol–water partition coefficient (Wildman–Crippen LogP) is -2.19. The zero-order chi connectivity index (χ0) is 14.9. The van der Waals surface area contributed by atoms with E-state index in [1.165, 1.54) is 6.20 Å². The maximum absolute atomic E-state index is 11.8. The second kappa shape index (κ2) is 5.60. The summed E-state index contributed by atoms with van der Waals surface area (Å²) in [5, 5.41) is 28.6. The van der Waals surface area contributed by atoms with Crippen LogP contribution in [0, 0.1) is 11.8 Å². The maximum Gasteiger partial charge on any atom is 0.351 e. The van der Waals surface area contributed by atoms with Gasteiger partial charge in [-0.1, -0.05) is 5.92 Å². The Kier molecular flexibility index (Phi) is 4.06. The third kappa shape index (κ3) is 2.39. The van der Waals surface area contributed by atoms with E-state index in [4.69, 9.17) is 15.6 Å². The minimum absolute atomic E-state index is 0.0210. The number of rotatable bonds is 2. The van der Waals surface area contributed by atoms with Crippen LogP contribution < -0.4 is 11.4 Å². The molecule has 1 aliphatic heterocycles. The highest BCUT2D eigenvalue weighted by Gasteiger charge is 2.43. The Hall–Kier alpha value is -1.92. The Bertz CT molecular complexity index is 618. The maximum atomic E-state index is 11.8. The van der Waals surface area contributed by atoms with Gasteiger partial charge in [-0.2, -0.15) is 4.98 Å². The SMILES string of the molecule is CC#Cc1cn([C@@H]2O[C@H](CO)[C@@H](O)[C@@H]2O)c(=O)nc1N. The molecule has 4 atom stereocenters. The van der Waals surface area contributed by atoms with Crippen molar-refractivity contribution in [2.24, 2.45) is 0 Å². The monoisotopic (exact) mass is 281 g/mol. The highest BCUT2D eigenvalue weighted by molar-refractivity contribution is 5.48. The first-order chi connectivity index (χ1) is 9.49. The molecule has 0 aromatic carbocycles. The first-order valence-corrected chi connectivity index (χ1v) is 5.93. The largest absolute Gasteiger partial charge is 0.394 e. The number of aliphatic hydroxyl groups excluding tert-OH is 3. The molecule has 2 rings (SSSR count). The van der Waals surface area contributed by atoms with Gasteiger partial charge < -0.3 is 25.8 Å². The molecule has 5 N–H and O–H groups in total. The summed E-state index contributed by atoms with van der Waals surface area (Å²) in [6.45, 7) is 1.12. The highest BCUT2D eigenvalue weighted by atomic mass is 16.6. The number of nitrogens with zero attached hydrogens (tertiary/aromatic N) is 2. The molecule has 1 saturated heterocycles. The molecule has 0 spiro atoms. The number of nitrogens with two attached hydrogens (primary N) is 1. The molecule has 2 heterocycles. The van der Waals surface area contributed by atoms with Crippen LogP contribution in [0.4, 0.5) is 5.82 Å². The van der Waals surface area contributed by atoms with Crippen LogP contribution in [0.2, 0.25) is 0 Å². The number of ether oxygens (including phenoxy) is 1. The molecule has 0 aliphatic carbocycles. The molecule has 1 fully saturated rings. The van der Waals surface area contributed by atoms with Crippen LogP contribution in [-0.4, -0.2) is 49.8 Å². The van der Waals surface area contributed by atoms with Gasteiger partial charge in [0.05, 0.1) is 12.2 Å². The van der Waals surface area contributed by atoms with Gasteiger partial charge in [0.15, 0.2) is 6.23 Å². The van der Waals surface area contributed by atoms with Crippen molar-refractivity contribution in [1.82, 2.24) is 9.55 Å². The fraction of sp³-hybridized carbons (Fsp3) is 0.500. The molecule has 20 heavy (non-hydrogen) atoms. The average Bonchev–Trinajstić information content (AvgIpc) is 2.70. The van der Waals surface area contributed by atoms with Gasteiger partial charge in [-0.25, -0.2) is 4.79 Å². The van der Waals surface area contributed by atoms with Gasteiger partial charge in [0, 0.05) is 6.20 Å². The number of aliphatic hydroxyl groups is 3. The van der Waals surface area contributed by atoms with E-state index < -0.39 is 36.8 Å². The van der Waals surface area contributed by atoms with Crippen LogP contribution in [0.1, 0.15) is 18.7 Å². The number of aromatic nitrogens is 2. The summed E-state index contributed by atoms with van der Waals surface area (Å²) >= 11 is 0. The predicted molar refractivity (Wildman–Crippen MR) is 68.5 cm³/mol. The lowest BCUT2D eigenvalue weighted by atomic mass is 10.1. The Morgan fingerprint density at radius 3 is 2.75 bits per heavy atom. The fourth-order valence-electron chi connectivity index (χ4n) is 2.00. The van der Waals surface area contributed by atoms with Gasteiger partial charge >= 0.3 is 5.69 Å². The molecule has 1 aromatic heterocycles. The van der Waals surface area contributed by atoms with E-state index >= 15 is 0 Å². The van der Waals surface area contributed by atoms with Crippen molar-refractivity contribution >= 4 is 5.82 Å². The molecule has 0 unspecified atom stereocenters. The van der Waals surface area contributed by atoms with E-state index in [1.54, 1.807) is 6.92 Å². The molecule has 0 amide bonds. The lowest BCUT2D eigenvalue weighted by molar-refractivity contribution is -0.0549. The van der Waals surface area contributed by atoms with E-state index in [1.807, 2.05) is 0 Å². The molecule has 8 heteroatoms. The Labute approximate surface area is 114 Å². The van der Waals surface area contributed by atoms with Gasteiger partial charge in [0.25, 0.3) is 0 Å². The van der Waals surface area contributed by atoms with Gasteiger partial charge in [0.2, 0.25) is 0 Å². The van der Waals surface area contributed by atoms with Crippen molar-refractivity contribution in [3.05, 3.63) is 22.2 Å². The molecular weight excluding hydrogens is 266 g/mol. The summed E-state index contributed by atoms with van der Waals surface area (Å²) in [4.78, 5) is 15.4. The van der Waals surface area contributed by atoms with Crippen molar-refractivity contribution < 1.29 is 20.1 Å². The molecule has 8 nitrogen and oxygen atoms in total. The minimum Gasteiger partial charge on any atom is -0.394 e. The molecular formula is C12H15N3O5. The third-order valence-electron chi connectivity index (χ3n) is 3.03. The standard InChI is InChI=1S/C12H15N3O5/c1-2-3-6-4-15(12(19)14-10(6)13)11-9(18)8(17)7(5-16)20-11/h4,7-9,11,16-18H,5H2,1H3,(H2,13,14,19)/t7-,8-,9+,11-/m1/s1. The van der Waals surface area contributed by atoms with Crippen LogP contribution in [0.3, 0.4) is 0 Å². The zero-order valence-corrected chi connectivity index (χ0v) is 10.7. The third-order valence-corrected chi connectivity index (χ3v) is 3.03. The number of hydrogen-bond donors (Lipinski definition) is 4. The second-order valence-electron chi connectivity index (χ2n) is 4.33. The topological polar surface area (TPSA) is 131 Å². The van der Waals surface area contributed by atoms with Crippen molar-refractivity contribution in [3.63, 3.8) is 0 Å². The van der Waals surface area contributed by atoms with Crippen LogP contribution in [-0.2, 0) is 4.74 Å². The number of anilines is 1. The molecule has 0 radical (unpaired) electrons. The van der Waals surface area contributed by atoms with Gasteiger partial charge in [-0.3, -0.25) is 4.57 Å². The molecule has 0 bridgehead atoms. The smallest absolute Gasteiger partial charge is 0.351 e. The fourth-order valence-corrected chi connectivity index (χ4v) is 2.00. The van der Waals surface area contributed by atoms with E-state index in [-0.39, 0.29) is 5.82 Å². The summed E-state index contributed by atoms with van der Waals surface area (Å²) in [6, 6.07) is 0. The van der Waals surface area contributed by atoms with E-state index in [0.717, 1.165) is 4.57 Å². The number of nitrogen functional groups attached to an aromatic ring is 1. The van der Waals surface area contributed by atoms with Gasteiger partial charge in [0.1, 0.15) is 24.1 Å². The summed E-state index contributed by atoms with van der Waals surface area (Å²) in [5.41, 5.74) is 5.14. The van der Waals surface area contributed by atoms with Crippen molar-refractivity contribution in [2.75, 3.05) is 12.3 Å². The van der Waals surface area contributed by atoms with Crippen molar-refractivity contribution in [3.8, 4) is 11.8 Å². The lowest BCUT2D eigenvalue weighted by Crippen LogP contribution is -2.36. The van der Waals surface area contributed by atoms with Gasteiger partial charge in [-0.15, -0.1) is 5.92 Å². The van der Waals surface area contributed by atoms with Crippen molar-refractivity contribution in [1.29, 1.82) is 0 Å². The summed E-state index contributed by atoms with van der Waals surface area (Å²) in [6.07, 6.45) is -3.48.